The third-order valence-electron chi connectivity index (χ3n) is 4.04. The minimum Gasteiger partial charge on any atom is -0.322 e. The van der Waals surface area contributed by atoms with Crippen molar-refractivity contribution >= 4 is 33.0 Å². The molecule has 0 aliphatic heterocycles. The van der Waals surface area contributed by atoms with E-state index in [0.29, 0.717) is 22.8 Å². The lowest BCUT2D eigenvalue weighted by atomic mass is 10.2. The fourth-order valence-electron chi connectivity index (χ4n) is 2.48. The van der Waals surface area contributed by atoms with Gasteiger partial charge in [0.15, 0.2) is 9.84 Å². The summed E-state index contributed by atoms with van der Waals surface area (Å²) in [4.78, 5) is 12.6. The number of hydrogen-bond acceptors (Lipinski definition) is 4. The highest BCUT2D eigenvalue weighted by atomic mass is 35.5. The zero-order valence-corrected chi connectivity index (χ0v) is 16.2. The average molecular weight is 404 g/mol. The van der Waals surface area contributed by atoms with E-state index in [2.05, 4.69) is 10.4 Å². The Labute approximate surface area is 162 Å². The van der Waals surface area contributed by atoms with Crippen LogP contribution in [0.4, 0.5) is 5.69 Å². The van der Waals surface area contributed by atoms with Gasteiger partial charge in [0.25, 0.3) is 5.91 Å². The number of nitrogens with zero attached hydrogens (tertiary/aromatic N) is 2. The predicted molar refractivity (Wildman–Crippen MR) is 105 cm³/mol. The minimum absolute atomic E-state index is 0.0311. The standard InChI is InChI=1S/C19H18ClN3O3S/c1-2-27(25,26)17-9-7-16(8-10-17)22-19(24)15-11-21-23(13-15)12-14-5-3-4-6-18(14)20/h3-11,13H,2,12H2,1H3,(H,22,24). The molecule has 0 unspecified atom stereocenters. The SMILES string of the molecule is CCS(=O)(=O)c1ccc(NC(=O)c2cnn(Cc3ccccc3Cl)c2)cc1. The maximum Gasteiger partial charge on any atom is 0.258 e. The molecule has 0 fully saturated rings. The van der Waals surface area contributed by atoms with Crippen LogP contribution in [0.2, 0.25) is 5.02 Å². The zero-order valence-electron chi connectivity index (χ0n) is 14.6. The number of rotatable bonds is 6. The van der Waals surface area contributed by atoms with Gasteiger partial charge in [-0.2, -0.15) is 5.10 Å². The highest BCUT2D eigenvalue weighted by Crippen LogP contribution is 2.18. The van der Waals surface area contributed by atoms with Gasteiger partial charge in [0.2, 0.25) is 0 Å². The molecule has 0 saturated heterocycles. The Bertz CT molecular complexity index is 1060. The summed E-state index contributed by atoms with van der Waals surface area (Å²) in [6, 6.07) is 13.5. The second-order valence-electron chi connectivity index (χ2n) is 5.90. The molecule has 27 heavy (non-hydrogen) atoms. The van der Waals surface area contributed by atoms with E-state index in [9.17, 15) is 13.2 Å². The first-order chi connectivity index (χ1) is 12.9. The second-order valence-corrected chi connectivity index (χ2v) is 8.59. The van der Waals surface area contributed by atoms with Crippen LogP contribution in [0.1, 0.15) is 22.8 Å². The van der Waals surface area contributed by atoms with Gasteiger partial charge in [0.1, 0.15) is 0 Å². The van der Waals surface area contributed by atoms with Gasteiger partial charge in [-0.05, 0) is 35.9 Å². The van der Waals surface area contributed by atoms with Crippen molar-refractivity contribution in [2.45, 2.75) is 18.4 Å². The van der Waals surface area contributed by atoms with Crippen molar-refractivity contribution in [1.29, 1.82) is 0 Å². The van der Waals surface area contributed by atoms with Crippen molar-refractivity contribution in [3.05, 3.63) is 77.1 Å². The van der Waals surface area contributed by atoms with Crippen LogP contribution in [0.25, 0.3) is 0 Å². The number of sulfone groups is 1. The van der Waals surface area contributed by atoms with Gasteiger partial charge >= 0.3 is 0 Å². The molecule has 0 bridgehead atoms. The van der Waals surface area contributed by atoms with Crippen LogP contribution in [-0.2, 0) is 16.4 Å². The van der Waals surface area contributed by atoms with Crippen molar-refractivity contribution in [2.75, 3.05) is 11.1 Å². The lowest BCUT2D eigenvalue weighted by Crippen LogP contribution is -2.11. The predicted octanol–water partition coefficient (Wildman–Crippen LogP) is 3.63. The summed E-state index contributed by atoms with van der Waals surface area (Å²) >= 11 is 6.14. The summed E-state index contributed by atoms with van der Waals surface area (Å²) < 4.78 is 25.3. The van der Waals surface area contributed by atoms with Gasteiger partial charge in [-0.3, -0.25) is 9.48 Å². The molecule has 0 radical (unpaired) electrons. The van der Waals surface area contributed by atoms with E-state index >= 15 is 0 Å². The monoisotopic (exact) mass is 403 g/mol. The van der Waals surface area contributed by atoms with Crippen LogP contribution >= 0.6 is 11.6 Å². The van der Waals surface area contributed by atoms with Crippen LogP contribution < -0.4 is 5.32 Å². The van der Waals surface area contributed by atoms with Gasteiger partial charge in [-0.1, -0.05) is 36.7 Å². The van der Waals surface area contributed by atoms with E-state index < -0.39 is 9.84 Å². The largest absolute Gasteiger partial charge is 0.322 e. The number of anilines is 1. The smallest absolute Gasteiger partial charge is 0.258 e. The topological polar surface area (TPSA) is 81.1 Å². The minimum atomic E-state index is -3.26. The Balaban J connectivity index is 1.68. The summed E-state index contributed by atoms with van der Waals surface area (Å²) in [5.74, 6) is -0.296. The summed E-state index contributed by atoms with van der Waals surface area (Å²) in [5.41, 5.74) is 1.81. The fourth-order valence-corrected chi connectivity index (χ4v) is 3.56. The number of benzene rings is 2. The fraction of sp³-hybridized carbons (Fsp3) is 0.158. The van der Waals surface area contributed by atoms with Crippen LogP contribution in [-0.4, -0.2) is 29.9 Å². The molecular weight excluding hydrogens is 386 g/mol. The molecule has 0 saturated carbocycles. The van der Waals surface area contributed by atoms with Gasteiger partial charge in [-0.25, -0.2) is 8.42 Å². The molecule has 2 aromatic carbocycles. The Morgan fingerprint density at radius 2 is 1.85 bits per heavy atom. The third kappa shape index (κ3) is 4.56. The van der Waals surface area contributed by atoms with Gasteiger partial charge < -0.3 is 5.32 Å². The normalized spacial score (nSPS) is 11.3. The van der Waals surface area contributed by atoms with E-state index in [-0.39, 0.29) is 16.6 Å². The molecule has 0 spiro atoms. The lowest BCUT2D eigenvalue weighted by molar-refractivity contribution is 0.102. The summed E-state index contributed by atoms with van der Waals surface area (Å²) in [7, 11) is -3.26. The molecule has 140 valence electrons. The number of carbonyl (C=O) groups is 1. The molecule has 1 amide bonds. The van der Waals surface area contributed by atoms with Crippen molar-refractivity contribution in [2.24, 2.45) is 0 Å². The van der Waals surface area contributed by atoms with Crippen LogP contribution in [0.5, 0.6) is 0 Å². The molecule has 1 N–H and O–H groups in total. The van der Waals surface area contributed by atoms with Gasteiger partial charge in [-0.15, -0.1) is 0 Å². The van der Waals surface area contributed by atoms with Crippen molar-refractivity contribution in [3.63, 3.8) is 0 Å². The van der Waals surface area contributed by atoms with Crippen LogP contribution in [0, 0.1) is 0 Å². The van der Waals surface area contributed by atoms with E-state index in [0.717, 1.165) is 5.56 Å². The maximum absolute atomic E-state index is 12.4. The van der Waals surface area contributed by atoms with E-state index in [1.807, 2.05) is 18.2 Å². The molecule has 6 nitrogen and oxygen atoms in total. The van der Waals surface area contributed by atoms with Crippen molar-refractivity contribution in [1.82, 2.24) is 9.78 Å². The molecule has 0 aliphatic carbocycles. The third-order valence-corrected chi connectivity index (χ3v) is 6.16. The molecule has 0 aliphatic rings. The quantitative estimate of drug-likeness (QED) is 0.681. The van der Waals surface area contributed by atoms with Crippen LogP contribution in [0.3, 0.4) is 0 Å². The highest BCUT2D eigenvalue weighted by Gasteiger charge is 2.13. The summed E-state index contributed by atoms with van der Waals surface area (Å²) in [5, 5.41) is 7.56. The maximum atomic E-state index is 12.4. The van der Waals surface area contributed by atoms with E-state index in [1.165, 1.54) is 18.3 Å². The zero-order chi connectivity index (χ0) is 19.4. The highest BCUT2D eigenvalue weighted by molar-refractivity contribution is 7.91. The first-order valence-corrected chi connectivity index (χ1v) is 10.3. The lowest BCUT2D eigenvalue weighted by Gasteiger charge is -2.06. The molecule has 0 atom stereocenters. The first-order valence-electron chi connectivity index (χ1n) is 8.29. The Morgan fingerprint density at radius 3 is 2.52 bits per heavy atom. The van der Waals surface area contributed by atoms with E-state index in [1.54, 1.807) is 36.0 Å². The number of halogens is 1. The number of amides is 1. The average Bonchev–Trinajstić information content (AvgIpc) is 3.13. The van der Waals surface area contributed by atoms with Crippen LogP contribution in [0.15, 0.2) is 65.8 Å². The van der Waals surface area contributed by atoms with E-state index in [4.69, 9.17) is 11.6 Å². The summed E-state index contributed by atoms with van der Waals surface area (Å²) in [6.07, 6.45) is 3.11. The first kappa shape index (κ1) is 19.1. The van der Waals surface area contributed by atoms with Crippen molar-refractivity contribution in [3.8, 4) is 0 Å². The molecule has 3 aromatic rings. The summed E-state index contributed by atoms with van der Waals surface area (Å²) in [6.45, 7) is 2.04. The second kappa shape index (κ2) is 7.94. The Hall–Kier alpha value is -2.64. The number of carbonyl (C=O) groups excluding carboxylic acids is 1. The molecule has 1 aromatic heterocycles. The number of nitrogens with one attached hydrogen (secondary N) is 1. The molecule has 3 rings (SSSR count). The Morgan fingerprint density at radius 1 is 1.15 bits per heavy atom. The molecule has 1 heterocycles. The molecular formula is C19H18ClN3O3S. The van der Waals surface area contributed by atoms with Crippen molar-refractivity contribution < 1.29 is 13.2 Å². The number of hydrogen-bond donors (Lipinski definition) is 1. The number of aromatic nitrogens is 2. The Kier molecular flexibility index (Phi) is 5.62. The van der Waals surface area contributed by atoms with Gasteiger partial charge in [0.05, 0.1) is 29.0 Å². The molecule has 8 heteroatoms. The van der Waals surface area contributed by atoms with Gasteiger partial charge in [0, 0.05) is 16.9 Å².